The van der Waals surface area contributed by atoms with Crippen LogP contribution in [0.25, 0.3) is 0 Å². The van der Waals surface area contributed by atoms with Crippen LogP contribution in [0.3, 0.4) is 0 Å². The van der Waals surface area contributed by atoms with E-state index in [-0.39, 0.29) is 30.9 Å². The number of carbonyl (C=O) groups is 1. The van der Waals surface area contributed by atoms with Gasteiger partial charge >= 0.3 is 0 Å². The molecule has 0 N–H and O–H groups in total. The van der Waals surface area contributed by atoms with Gasteiger partial charge in [-0.15, -0.1) is 0 Å². The third kappa shape index (κ3) is 4.80. The molecule has 32 heavy (non-hydrogen) atoms. The monoisotopic (exact) mass is 432 g/mol. The molecule has 1 aliphatic heterocycles. The zero-order valence-corrected chi connectivity index (χ0v) is 18.1. The molecule has 0 unspecified atom stereocenters. The summed E-state index contributed by atoms with van der Waals surface area (Å²) in [6.07, 6.45) is 0.186. The van der Waals surface area contributed by atoms with Crippen molar-refractivity contribution in [2.75, 3.05) is 13.7 Å². The van der Waals surface area contributed by atoms with Gasteiger partial charge in [0.05, 0.1) is 19.4 Å². The first-order valence-electron chi connectivity index (χ1n) is 10.5. The molecule has 3 aromatic carbocycles. The van der Waals surface area contributed by atoms with E-state index in [9.17, 15) is 9.18 Å². The fraction of sp³-hybridized carbons (Fsp3) is 0.231. The molecule has 4 rings (SSSR count). The SMILES string of the molecule is COc1ccccc1C1=NO[C@@H](CN(Cc2ccccc2F)C(=O)c2ccc(C)cc2)C1. The summed E-state index contributed by atoms with van der Waals surface area (Å²) in [5.74, 6) is 0.199. The minimum Gasteiger partial charge on any atom is -0.496 e. The summed E-state index contributed by atoms with van der Waals surface area (Å²) in [4.78, 5) is 20.6. The Labute approximate surface area is 187 Å². The first-order valence-corrected chi connectivity index (χ1v) is 10.5. The maximum Gasteiger partial charge on any atom is 0.254 e. The highest BCUT2D eigenvalue weighted by molar-refractivity contribution is 6.03. The van der Waals surface area contributed by atoms with Crippen LogP contribution in [0.4, 0.5) is 4.39 Å². The van der Waals surface area contributed by atoms with Crippen LogP contribution in [0.1, 0.15) is 33.5 Å². The molecule has 0 fully saturated rings. The summed E-state index contributed by atoms with van der Waals surface area (Å²) in [7, 11) is 1.61. The number of methoxy groups -OCH3 is 1. The second kappa shape index (κ2) is 9.64. The Morgan fingerprint density at radius 1 is 1.09 bits per heavy atom. The largest absolute Gasteiger partial charge is 0.496 e. The van der Waals surface area contributed by atoms with Crippen LogP contribution in [0, 0.1) is 12.7 Å². The third-order valence-corrected chi connectivity index (χ3v) is 5.48. The van der Waals surface area contributed by atoms with Crippen LogP contribution in [0.15, 0.2) is 78.0 Å². The fourth-order valence-electron chi connectivity index (χ4n) is 3.74. The number of para-hydroxylation sites is 1. The molecule has 0 saturated carbocycles. The molecule has 6 heteroatoms. The lowest BCUT2D eigenvalue weighted by molar-refractivity contribution is 0.0403. The fourth-order valence-corrected chi connectivity index (χ4v) is 3.74. The average molecular weight is 432 g/mol. The van der Waals surface area contributed by atoms with Gasteiger partial charge in [-0.25, -0.2) is 4.39 Å². The predicted molar refractivity (Wildman–Crippen MR) is 121 cm³/mol. The van der Waals surface area contributed by atoms with Gasteiger partial charge in [-0.1, -0.05) is 53.2 Å². The van der Waals surface area contributed by atoms with Crippen LogP contribution in [0.2, 0.25) is 0 Å². The zero-order chi connectivity index (χ0) is 22.5. The molecule has 0 radical (unpaired) electrons. The van der Waals surface area contributed by atoms with Crippen LogP contribution in [-0.4, -0.2) is 36.3 Å². The van der Waals surface area contributed by atoms with Gasteiger partial charge < -0.3 is 14.5 Å². The van der Waals surface area contributed by atoms with Gasteiger partial charge in [0.1, 0.15) is 11.6 Å². The number of hydrogen-bond donors (Lipinski definition) is 0. The first-order chi connectivity index (χ1) is 15.5. The van der Waals surface area contributed by atoms with Crippen molar-refractivity contribution < 1.29 is 18.8 Å². The van der Waals surface area contributed by atoms with E-state index in [1.54, 1.807) is 42.3 Å². The number of amides is 1. The van der Waals surface area contributed by atoms with E-state index in [4.69, 9.17) is 9.57 Å². The Morgan fingerprint density at radius 2 is 1.81 bits per heavy atom. The van der Waals surface area contributed by atoms with Gasteiger partial charge in [0, 0.05) is 29.7 Å². The lowest BCUT2D eigenvalue weighted by Gasteiger charge is -2.25. The zero-order valence-electron chi connectivity index (χ0n) is 18.1. The topological polar surface area (TPSA) is 51.1 Å². The van der Waals surface area contributed by atoms with E-state index in [1.165, 1.54) is 6.07 Å². The lowest BCUT2D eigenvalue weighted by Crippen LogP contribution is -2.37. The summed E-state index contributed by atoms with van der Waals surface area (Å²) < 4.78 is 19.8. The van der Waals surface area contributed by atoms with Gasteiger partial charge in [-0.2, -0.15) is 0 Å². The van der Waals surface area contributed by atoms with Crippen LogP contribution >= 0.6 is 0 Å². The Kier molecular flexibility index (Phi) is 6.50. The van der Waals surface area contributed by atoms with Gasteiger partial charge in [-0.05, 0) is 37.3 Å². The molecule has 1 atom stereocenters. The number of oxime groups is 1. The van der Waals surface area contributed by atoms with E-state index in [0.29, 0.717) is 17.5 Å². The molecular weight excluding hydrogens is 407 g/mol. The minimum absolute atomic E-state index is 0.142. The number of hydrogen-bond acceptors (Lipinski definition) is 4. The summed E-state index contributed by atoms with van der Waals surface area (Å²) in [6, 6.07) is 21.5. The quantitative estimate of drug-likeness (QED) is 0.529. The predicted octanol–water partition coefficient (Wildman–Crippen LogP) is 4.98. The molecule has 0 bridgehead atoms. The Bertz CT molecular complexity index is 1130. The number of rotatable bonds is 7. The van der Waals surface area contributed by atoms with Crippen molar-refractivity contribution in [2.45, 2.75) is 26.0 Å². The second-order valence-corrected chi connectivity index (χ2v) is 7.81. The Balaban J connectivity index is 1.53. The molecule has 5 nitrogen and oxygen atoms in total. The molecule has 1 aliphatic rings. The van der Waals surface area contributed by atoms with E-state index in [2.05, 4.69) is 5.16 Å². The summed E-state index contributed by atoms with van der Waals surface area (Å²) >= 11 is 0. The highest BCUT2D eigenvalue weighted by Crippen LogP contribution is 2.25. The van der Waals surface area contributed by atoms with Gasteiger partial charge in [0.25, 0.3) is 5.91 Å². The number of ether oxygens (including phenoxy) is 1. The maximum atomic E-state index is 14.3. The molecule has 0 aliphatic carbocycles. The second-order valence-electron chi connectivity index (χ2n) is 7.81. The van der Waals surface area contributed by atoms with Crippen LogP contribution < -0.4 is 4.74 Å². The molecule has 1 amide bonds. The molecule has 0 spiro atoms. The maximum absolute atomic E-state index is 14.3. The molecule has 3 aromatic rings. The van der Waals surface area contributed by atoms with Crippen molar-refractivity contribution in [2.24, 2.45) is 5.16 Å². The average Bonchev–Trinajstić information content (AvgIpc) is 3.28. The van der Waals surface area contributed by atoms with E-state index < -0.39 is 0 Å². The molecule has 1 heterocycles. The van der Waals surface area contributed by atoms with Gasteiger partial charge in [-0.3, -0.25) is 4.79 Å². The number of benzene rings is 3. The van der Waals surface area contributed by atoms with E-state index in [1.807, 2.05) is 43.3 Å². The van der Waals surface area contributed by atoms with Crippen LogP contribution in [-0.2, 0) is 11.4 Å². The van der Waals surface area contributed by atoms with Crippen molar-refractivity contribution in [3.05, 3.63) is 101 Å². The standard InChI is InChI=1S/C26H25FN2O3/c1-18-11-13-19(14-12-18)26(30)29(16-20-7-3-5-9-23(20)27)17-21-15-24(28-32-21)22-8-4-6-10-25(22)31-2/h3-14,21H,15-17H2,1-2H3/t21-/m1/s1. The van der Waals surface area contributed by atoms with Crippen molar-refractivity contribution in [1.29, 1.82) is 0 Å². The van der Waals surface area contributed by atoms with Gasteiger partial charge in [0.15, 0.2) is 6.10 Å². The smallest absolute Gasteiger partial charge is 0.254 e. The molecule has 0 saturated heterocycles. The first kappa shape index (κ1) is 21.6. The normalized spacial score (nSPS) is 15.1. The number of carbonyl (C=O) groups excluding carboxylic acids is 1. The Morgan fingerprint density at radius 3 is 2.56 bits per heavy atom. The van der Waals surface area contributed by atoms with Gasteiger partial charge in [0.2, 0.25) is 0 Å². The number of nitrogens with zero attached hydrogens (tertiary/aromatic N) is 2. The van der Waals surface area contributed by atoms with E-state index in [0.717, 1.165) is 22.6 Å². The number of aryl methyl sites for hydroxylation is 1. The Hall–Kier alpha value is -3.67. The molecule has 164 valence electrons. The highest BCUT2D eigenvalue weighted by atomic mass is 19.1. The van der Waals surface area contributed by atoms with E-state index >= 15 is 0 Å². The van der Waals surface area contributed by atoms with Crippen LogP contribution in [0.5, 0.6) is 5.75 Å². The minimum atomic E-state index is -0.340. The third-order valence-electron chi connectivity index (χ3n) is 5.48. The summed E-state index contributed by atoms with van der Waals surface area (Å²) in [5.41, 5.74) is 3.70. The van der Waals surface area contributed by atoms with Crippen molar-refractivity contribution >= 4 is 11.6 Å². The lowest BCUT2D eigenvalue weighted by atomic mass is 10.0. The molecular formula is C26H25FN2O3. The van der Waals surface area contributed by atoms with Crippen molar-refractivity contribution in [3.8, 4) is 5.75 Å². The summed E-state index contributed by atoms with van der Waals surface area (Å²) in [5, 5.41) is 4.24. The molecule has 0 aromatic heterocycles. The number of halogens is 1. The van der Waals surface area contributed by atoms with Crippen molar-refractivity contribution in [3.63, 3.8) is 0 Å². The summed E-state index contributed by atoms with van der Waals surface area (Å²) in [6.45, 7) is 2.39. The highest BCUT2D eigenvalue weighted by Gasteiger charge is 2.29. The van der Waals surface area contributed by atoms with Crippen molar-refractivity contribution in [1.82, 2.24) is 4.90 Å².